The van der Waals surface area contributed by atoms with Crippen LogP contribution in [-0.4, -0.2) is 66.9 Å². The average molecular weight is 618 g/mol. The van der Waals surface area contributed by atoms with Crippen molar-refractivity contribution in [3.05, 3.63) is 130 Å². The van der Waals surface area contributed by atoms with Gasteiger partial charge in [-0.2, -0.15) is 0 Å². The van der Waals surface area contributed by atoms with Crippen molar-refractivity contribution in [2.24, 2.45) is 10.1 Å². The van der Waals surface area contributed by atoms with E-state index >= 15 is 0 Å². The summed E-state index contributed by atoms with van der Waals surface area (Å²) >= 11 is 0. The highest BCUT2D eigenvalue weighted by Gasteiger charge is 2.55. The van der Waals surface area contributed by atoms with Crippen LogP contribution in [0.2, 0.25) is 0 Å². The molecule has 2 aliphatic heterocycles. The molecule has 2 atom stereocenters. The van der Waals surface area contributed by atoms with Gasteiger partial charge < -0.3 is 24.2 Å². The molecule has 0 unspecified atom stereocenters. The van der Waals surface area contributed by atoms with E-state index in [1.807, 2.05) is 78.9 Å². The number of benzene rings is 4. The van der Waals surface area contributed by atoms with E-state index in [1.165, 1.54) is 0 Å². The maximum absolute atomic E-state index is 14.8. The monoisotopic (exact) mass is 617 g/mol. The summed E-state index contributed by atoms with van der Waals surface area (Å²) in [4.78, 5) is 24.8. The number of ether oxygens (including phenoxy) is 3. The first kappa shape index (κ1) is 30.9. The molecule has 0 saturated carbocycles. The molecule has 0 radical (unpaired) electrons. The lowest BCUT2D eigenvalue weighted by Gasteiger charge is -2.37. The van der Waals surface area contributed by atoms with Crippen LogP contribution in [0.25, 0.3) is 21.6 Å². The Kier molecular flexibility index (Phi) is 9.59. The summed E-state index contributed by atoms with van der Waals surface area (Å²) in [6, 6.07) is 32.7. The summed E-state index contributed by atoms with van der Waals surface area (Å²) in [7, 11) is 0. The van der Waals surface area contributed by atoms with Crippen LogP contribution in [0.3, 0.4) is 0 Å². The molecule has 0 spiro atoms. The number of carbonyl (C=O) groups excluding carboxylic acids is 1. The standard InChI is InChI=1S/C36H35N5O5/c37-40-39-32-10-5-4-9-30(32)25-36(35(43)41-19-23-44-24-20-41)33(28-13-11-27(12-14-28)26-7-2-1-3-8-26)46-34(38-36)29-15-17-31(18-16-29)45-22-6-21-42/h1-5,7-18,33,42H,6,19-25H2/t33-,36-/m1/s1. The van der Waals surface area contributed by atoms with Crippen molar-refractivity contribution < 1.29 is 24.1 Å². The van der Waals surface area contributed by atoms with Gasteiger partial charge in [0.05, 0.1) is 19.8 Å². The number of azide groups is 1. The topological polar surface area (TPSA) is 129 Å². The lowest BCUT2D eigenvalue weighted by molar-refractivity contribution is -0.143. The molecule has 4 aromatic rings. The van der Waals surface area contributed by atoms with Gasteiger partial charge in [0.15, 0.2) is 11.6 Å². The zero-order valence-electron chi connectivity index (χ0n) is 25.4. The van der Waals surface area contributed by atoms with Gasteiger partial charge in [-0.05, 0) is 52.1 Å². The van der Waals surface area contributed by atoms with Crippen LogP contribution in [0.15, 0.2) is 113 Å². The Bertz CT molecular complexity index is 1720. The Labute approximate surface area is 267 Å². The molecule has 10 nitrogen and oxygen atoms in total. The van der Waals surface area contributed by atoms with Crippen molar-refractivity contribution in [2.75, 3.05) is 39.5 Å². The molecule has 0 bridgehead atoms. The Hall–Kier alpha value is -5.15. The predicted octanol–water partition coefficient (Wildman–Crippen LogP) is 6.42. The number of amides is 1. The molecule has 1 saturated heterocycles. The lowest BCUT2D eigenvalue weighted by atomic mass is 9.80. The number of carbonyl (C=O) groups is 1. The van der Waals surface area contributed by atoms with Crippen molar-refractivity contribution in [1.29, 1.82) is 0 Å². The number of aliphatic hydroxyl groups is 1. The second-order valence-corrected chi connectivity index (χ2v) is 11.2. The third-order valence-corrected chi connectivity index (χ3v) is 8.23. The third-order valence-electron chi connectivity index (χ3n) is 8.23. The molecule has 10 heteroatoms. The second kappa shape index (κ2) is 14.3. The normalized spacial score (nSPS) is 19.1. The number of rotatable bonds is 11. The van der Waals surface area contributed by atoms with Crippen LogP contribution < -0.4 is 4.74 Å². The SMILES string of the molecule is [N-]=[N+]=Nc1ccccc1C[C@@]1(C(=O)N2CCOCC2)N=C(c2ccc(OCCCO)cc2)O[C@@H]1c1ccc(-c2ccccc2)cc1. The average Bonchev–Trinajstić information content (AvgIpc) is 3.50. The van der Waals surface area contributed by atoms with Gasteiger partial charge >= 0.3 is 0 Å². The van der Waals surface area contributed by atoms with Crippen LogP contribution in [0.1, 0.15) is 29.2 Å². The Morgan fingerprint density at radius 2 is 1.61 bits per heavy atom. The summed E-state index contributed by atoms with van der Waals surface area (Å²) in [5.41, 5.74) is 12.6. The Balaban J connectivity index is 1.45. The highest BCUT2D eigenvalue weighted by molar-refractivity contribution is 6.01. The van der Waals surface area contributed by atoms with Crippen molar-refractivity contribution in [1.82, 2.24) is 4.90 Å². The number of hydrogen-bond donors (Lipinski definition) is 1. The minimum Gasteiger partial charge on any atom is -0.494 e. The summed E-state index contributed by atoms with van der Waals surface area (Å²) in [5.74, 6) is 0.812. The second-order valence-electron chi connectivity index (χ2n) is 11.2. The highest BCUT2D eigenvalue weighted by Crippen LogP contribution is 2.45. The lowest BCUT2D eigenvalue weighted by Crippen LogP contribution is -2.54. The first-order valence-electron chi connectivity index (χ1n) is 15.4. The van der Waals surface area contributed by atoms with Crippen LogP contribution in [0.4, 0.5) is 5.69 Å². The van der Waals surface area contributed by atoms with Crippen molar-refractivity contribution >= 4 is 17.5 Å². The number of hydrogen-bond acceptors (Lipinski definition) is 7. The Morgan fingerprint density at radius 3 is 2.33 bits per heavy atom. The van der Waals surface area contributed by atoms with E-state index in [-0.39, 0.29) is 18.9 Å². The van der Waals surface area contributed by atoms with Crippen LogP contribution in [0, 0.1) is 0 Å². The van der Waals surface area contributed by atoms with Gasteiger partial charge in [-0.25, -0.2) is 4.99 Å². The minimum atomic E-state index is -1.40. The Morgan fingerprint density at radius 1 is 0.935 bits per heavy atom. The molecular formula is C36H35N5O5. The molecule has 2 aliphatic rings. The third kappa shape index (κ3) is 6.60. The van der Waals surface area contributed by atoms with Crippen LogP contribution in [-0.2, 0) is 20.7 Å². The molecule has 0 aromatic heterocycles. The van der Waals surface area contributed by atoms with Gasteiger partial charge in [0.2, 0.25) is 5.90 Å². The summed E-state index contributed by atoms with van der Waals surface area (Å²) in [5, 5.41) is 13.0. The molecule has 1 fully saturated rings. The zero-order valence-corrected chi connectivity index (χ0v) is 25.4. The van der Waals surface area contributed by atoms with Gasteiger partial charge in [-0.1, -0.05) is 84.0 Å². The van der Waals surface area contributed by atoms with Gasteiger partial charge in [-0.15, -0.1) is 0 Å². The molecular weight excluding hydrogens is 582 g/mol. The first-order valence-corrected chi connectivity index (χ1v) is 15.4. The maximum Gasteiger partial charge on any atom is 0.255 e. The first-order chi connectivity index (χ1) is 22.6. The van der Waals surface area contributed by atoms with Gasteiger partial charge in [0, 0.05) is 48.7 Å². The fraction of sp³-hybridized carbons (Fsp3) is 0.278. The molecule has 1 N–H and O–H groups in total. The molecule has 0 aliphatic carbocycles. The molecule has 2 heterocycles. The quantitative estimate of drug-likeness (QED) is 0.0899. The van der Waals surface area contributed by atoms with E-state index in [0.717, 1.165) is 16.7 Å². The molecule has 46 heavy (non-hydrogen) atoms. The summed E-state index contributed by atoms with van der Waals surface area (Å²) < 4.78 is 18.0. The van der Waals surface area contributed by atoms with E-state index in [9.17, 15) is 10.3 Å². The zero-order chi connectivity index (χ0) is 31.8. The minimum absolute atomic E-state index is 0.0541. The van der Waals surface area contributed by atoms with Crippen molar-refractivity contribution in [3.63, 3.8) is 0 Å². The maximum atomic E-state index is 14.8. The van der Waals surface area contributed by atoms with Gasteiger partial charge in [-0.3, -0.25) is 4.79 Å². The van der Waals surface area contributed by atoms with Crippen molar-refractivity contribution in [3.8, 4) is 16.9 Å². The summed E-state index contributed by atoms with van der Waals surface area (Å²) in [6.07, 6.45) is -0.0940. The van der Waals surface area contributed by atoms with Crippen molar-refractivity contribution in [2.45, 2.75) is 24.5 Å². The molecule has 6 rings (SSSR count). The van der Waals surface area contributed by atoms with E-state index in [1.54, 1.807) is 17.0 Å². The van der Waals surface area contributed by atoms with E-state index in [2.05, 4.69) is 22.2 Å². The van der Waals surface area contributed by atoms with E-state index in [4.69, 9.17) is 24.3 Å². The predicted molar refractivity (Wildman–Crippen MR) is 175 cm³/mol. The van der Waals surface area contributed by atoms with E-state index in [0.29, 0.717) is 67.8 Å². The van der Waals surface area contributed by atoms with Crippen LogP contribution in [0.5, 0.6) is 5.75 Å². The number of aliphatic imine (C=N–C) groups is 1. The number of morpholine rings is 1. The smallest absolute Gasteiger partial charge is 0.255 e. The molecule has 234 valence electrons. The molecule has 4 aromatic carbocycles. The largest absolute Gasteiger partial charge is 0.494 e. The van der Waals surface area contributed by atoms with Gasteiger partial charge in [0.1, 0.15) is 5.75 Å². The van der Waals surface area contributed by atoms with Crippen LogP contribution >= 0.6 is 0 Å². The fourth-order valence-electron chi connectivity index (χ4n) is 5.89. The van der Waals surface area contributed by atoms with Gasteiger partial charge in [0.25, 0.3) is 5.91 Å². The van der Waals surface area contributed by atoms with E-state index < -0.39 is 11.6 Å². The number of aliphatic hydroxyl groups excluding tert-OH is 1. The molecule has 1 amide bonds. The number of nitrogens with zero attached hydrogens (tertiary/aromatic N) is 5. The highest BCUT2D eigenvalue weighted by atomic mass is 16.5. The fourth-order valence-corrected chi connectivity index (χ4v) is 5.89. The summed E-state index contributed by atoms with van der Waals surface area (Å²) in [6.45, 7) is 2.19.